The quantitative estimate of drug-likeness (QED) is 0.878. The van der Waals surface area contributed by atoms with Crippen LogP contribution in [0.3, 0.4) is 0 Å². The van der Waals surface area contributed by atoms with E-state index in [1.54, 1.807) is 24.3 Å². The number of hydrogen-bond donors (Lipinski definition) is 1. The molecule has 0 amide bonds. The van der Waals surface area contributed by atoms with Crippen LogP contribution in [0.1, 0.15) is 17.0 Å². The number of benzene rings is 2. The molecule has 0 aliphatic heterocycles. The Labute approximate surface area is 125 Å². The second-order valence-electron chi connectivity index (χ2n) is 3.97. The monoisotopic (exact) mass is 314 g/mol. The smallest absolute Gasteiger partial charge is 0.315 e. The molecule has 0 saturated carbocycles. The van der Waals surface area contributed by atoms with Gasteiger partial charge in [0.05, 0.1) is 0 Å². The molecule has 1 atom stereocenters. The van der Waals surface area contributed by atoms with Crippen LogP contribution in [0.25, 0.3) is 0 Å². The van der Waals surface area contributed by atoms with Crippen molar-refractivity contribution >= 4 is 40.8 Å². The third-order valence-corrected chi connectivity index (χ3v) is 3.56. The van der Waals surface area contributed by atoms with Crippen molar-refractivity contribution in [3.05, 3.63) is 68.7 Å². The van der Waals surface area contributed by atoms with E-state index in [0.29, 0.717) is 16.1 Å². The van der Waals surface area contributed by atoms with E-state index in [1.807, 2.05) is 6.07 Å². The third kappa shape index (κ3) is 3.03. The second kappa shape index (κ2) is 5.83. The van der Waals surface area contributed by atoms with Gasteiger partial charge in [-0.3, -0.25) is 4.79 Å². The van der Waals surface area contributed by atoms with Crippen molar-refractivity contribution in [2.75, 3.05) is 0 Å². The Bertz CT molecular complexity index is 588. The number of carboxylic acids is 1. The molecule has 98 valence electrons. The van der Waals surface area contributed by atoms with Crippen LogP contribution in [0.15, 0.2) is 42.5 Å². The van der Waals surface area contributed by atoms with Gasteiger partial charge >= 0.3 is 5.97 Å². The Kier molecular flexibility index (Phi) is 4.35. The maximum absolute atomic E-state index is 11.5. The topological polar surface area (TPSA) is 37.3 Å². The average Bonchev–Trinajstić information content (AvgIpc) is 2.34. The lowest BCUT2D eigenvalue weighted by Crippen LogP contribution is -2.14. The van der Waals surface area contributed by atoms with E-state index >= 15 is 0 Å². The van der Waals surface area contributed by atoms with Gasteiger partial charge in [-0.15, -0.1) is 0 Å². The maximum atomic E-state index is 11.5. The molecule has 0 spiro atoms. The first-order valence-corrected chi connectivity index (χ1v) is 6.56. The van der Waals surface area contributed by atoms with Crippen LogP contribution < -0.4 is 0 Å². The lowest BCUT2D eigenvalue weighted by molar-refractivity contribution is -0.137. The van der Waals surface area contributed by atoms with Crippen LogP contribution in [0.5, 0.6) is 0 Å². The fraction of sp³-hybridized carbons (Fsp3) is 0.0714. The maximum Gasteiger partial charge on any atom is 0.315 e. The van der Waals surface area contributed by atoms with Crippen molar-refractivity contribution in [3.8, 4) is 0 Å². The summed E-state index contributed by atoms with van der Waals surface area (Å²) >= 11 is 18.0. The van der Waals surface area contributed by atoms with E-state index in [-0.39, 0.29) is 10.0 Å². The lowest BCUT2D eigenvalue weighted by atomic mass is 9.91. The Morgan fingerprint density at radius 3 is 2.00 bits per heavy atom. The highest BCUT2D eigenvalue weighted by Gasteiger charge is 2.27. The summed E-state index contributed by atoms with van der Waals surface area (Å²) in [5, 5.41) is 10.3. The van der Waals surface area contributed by atoms with E-state index in [0.717, 1.165) is 0 Å². The molecule has 0 heterocycles. The fourth-order valence-corrected chi connectivity index (χ4v) is 2.94. The number of rotatable bonds is 3. The standard InChI is InChI=1S/C14H9Cl3O2/c15-9-6-10(16)13(11(17)7-9)12(14(18)19)8-4-2-1-3-5-8/h1-7,12H,(H,18,19). The molecule has 0 radical (unpaired) electrons. The van der Waals surface area contributed by atoms with Crippen LogP contribution in [-0.4, -0.2) is 11.1 Å². The van der Waals surface area contributed by atoms with Gasteiger partial charge in [-0.1, -0.05) is 65.1 Å². The van der Waals surface area contributed by atoms with Crippen molar-refractivity contribution in [3.63, 3.8) is 0 Å². The molecular weight excluding hydrogens is 307 g/mol. The molecule has 0 bridgehead atoms. The third-order valence-electron chi connectivity index (χ3n) is 2.71. The zero-order valence-electron chi connectivity index (χ0n) is 9.61. The first-order chi connectivity index (χ1) is 9.00. The summed E-state index contributed by atoms with van der Waals surface area (Å²) < 4.78 is 0. The Balaban J connectivity index is 2.62. The SMILES string of the molecule is O=C(O)C(c1ccccc1)c1c(Cl)cc(Cl)cc1Cl. The molecule has 2 aromatic carbocycles. The summed E-state index contributed by atoms with van der Waals surface area (Å²) in [5.41, 5.74) is 0.965. The molecule has 0 fully saturated rings. The van der Waals surface area contributed by atoms with Gasteiger partial charge < -0.3 is 5.11 Å². The largest absolute Gasteiger partial charge is 0.481 e. The van der Waals surface area contributed by atoms with E-state index in [1.165, 1.54) is 12.1 Å². The molecule has 0 aliphatic carbocycles. The number of hydrogen-bond acceptors (Lipinski definition) is 1. The summed E-state index contributed by atoms with van der Waals surface area (Å²) in [6.45, 7) is 0. The van der Waals surface area contributed by atoms with Gasteiger partial charge in [-0.25, -0.2) is 0 Å². The van der Waals surface area contributed by atoms with Gasteiger partial charge in [-0.2, -0.15) is 0 Å². The average molecular weight is 316 g/mol. The number of carboxylic acid groups (broad SMARTS) is 1. The van der Waals surface area contributed by atoms with Crippen molar-refractivity contribution in [1.29, 1.82) is 0 Å². The Morgan fingerprint density at radius 2 is 1.53 bits per heavy atom. The van der Waals surface area contributed by atoms with Crippen LogP contribution in [0.4, 0.5) is 0 Å². The van der Waals surface area contributed by atoms with Crippen LogP contribution in [-0.2, 0) is 4.79 Å². The number of carbonyl (C=O) groups is 1. The number of aliphatic carboxylic acids is 1. The minimum atomic E-state index is -1.02. The molecule has 5 heteroatoms. The highest BCUT2D eigenvalue weighted by Crippen LogP contribution is 2.37. The molecule has 0 saturated heterocycles. The second-order valence-corrected chi connectivity index (χ2v) is 5.22. The van der Waals surface area contributed by atoms with E-state index in [4.69, 9.17) is 34.8 Å². The van der Waals surface area contributed by atoms with Crippen molar-refractivity contribution in [1.82, 2.24) is 0 Å². The van der Waals surface area contributed by atoms with Gasteiger partial charge in [0.15, 0.2) is 0 Å². The minimum Gasteiger partial charge on any atom is -0.481 e. The summed E-state index contributed by atoms with van der Waals surface area (Å²) in [4.78, 5) is 11.5. The molecule has 2 nitrogen and oxygen atoms in total. The summed E-state index contributed by atoms with van der Waals surface area (Å²) in [6, 6.07) is 11.8. The molecule has 2 rings (SSSR count). The zero-order chi connectivity index (χ0) is 14.0. The van der Waals surface area contributed by atoms with Crippen LogP contribution in [0.2, 0.25) is 15.1 Å². The van der Waals surface area contributed by atoms with Gasteiger partial charge in [0, 0.05) is 20.6 Å². The highest BCUT2D eigenvalue weighted by molar-refractivity contribution is 6.39. The first-order valence-electron chi connectivity index (χ1n) is 5.43. The molecule has 19 heavy (non-hydrogen) atoms. The van der Waals surface area contributed by atoms with Crippen molar-refractivity contribution in [2.24, 2.45) is 0 Å². The highest BCUT2D eigenvalue weighted by atomic mass is 35.5. The molecular formula is C14H9Cl3O2. The van der Waals surface area contributed by atoms with E-state index in [2.05, 4.69) is 0 Å². The van der Waals surface area contributed by atoms with Gasteiger partial charge in [-0.05, 0) is 17.7 Å². The zero-order valence-corrected chi connectivity index (χ0v) is 11.9. The normalized spacial score (nSPS) is 12.2. The Hall–Kier alpha value is -1.22. The molecule has 1 unspecified atom stereocenters. The van der Waals surface area contributed by atoms with Crippen molar-refractivity contribution in [2.45, 2.75) is 5.92 Å². The predicted octanol–water partition coefficient (Wildman–Crippen LogP) is 4.86. The molecule has 0 aliphatic rings. The predicted molar refractivity (Wildman–Crippen MR) is 77.4 cm³/mol. The van der Waals surface area contributed by atoms with Gasteiger partial charge in [0.1, 0.15) is 5.92 Å². The van der Waals surface area contributed by atoms with E-state index < -0.39 is 11.9 Å². The number of halogens is 3. The Morgan fingerprint density at radius 1 is 1.00 bits per heavy atom. The summed E-state index contributed by atoms with van der Waals surface area (Å²) in [6.07, 6.45) is 0. The van der Waals surface area contributed by atoms with Crippen molar-refractivity contribution < 1.29 is 9.90 Å². The summed E-state index contributed by atoms with van der Waals surface area (Å²) in [7, 11) is 0. The van der Waals surface area contributed by atoms with Gasteiger partial charge in [0.25, 0.3) is 0 Å². The first kappa shape index (κ1) is 14.2. The minimum absolute atomic E-state index is 0.244. The fourth-order valence-electron chi connectivity index (χ4n) is 1.91. The lowest BCUT2D eigenvalue weighted by Gasteiger charge is -2.16. The van der Waals surface area contributed by atoms with Gasteiger partial charge in [0.2, 0.25) is 0 Å². The van der Waals surface area contributed by atoms with E-state index in [9.17, 15) is 9.90 Å². The molecule has 2 aromatic rings. The van der Waals surface area contributed by atoms with Crippen LogP contribution >= 0.6 is 34.8 Å². The molecule has 1 N–H and O–H groups in total. The van der Waals surface area contributed by atoms with Crippen LogP contribution in [0, 0.1) is 0 Å². The molecule has 0 aromatic heterocycles. The summed E-state index contributed by atoms with van der Waals surface area (Å²) in [5.74, 6) is -1.93.